The van der Waals surface area contributed by atoms with Crippen LogP contribution >= 0.6 is 0 Å². The van der Waals surface area contributed by atoms with Gasteiger partial charge in [0.1, 0.15) is 6.10 Å². The molecule has 0 aromatic carbocycles. The fourth-order valence-electron chi connectivity index (χ4n) is 0.452. The van der Waals surface area contributed by atoms with Crippen LogP contribution in [0.5, 0.6) is 0 Å². The maximum Gasteiger partial charge on any atom is 0.249 e. The van der Waals surface area contributed by atoms with E-state index in [0.29, 0.717) is 0 Å². The summed E-state index contributed by atoms with van der Waals surface area (Å²) in [5.74, 6) is -0.954. The van der Waals surface area contributed by atoms with E-state index in [-0.39, 0.29) is 6.61 Å². The molecule has 0 aromatic heterocycles. The predicted octanol–water partition coefficient (Wildman–Crippen LogP) is -2.16. The van der Waals surface area contributed by atoms with Gasteiger partial charge in [0.15, 0.2) is 6.10 Å². The number of primary amides is 1. The monoisotopic (exact) mass is 149 g/mol. The summed E-state index contributed by atoms with van der Waals surface area (Å²) in [4.78, 5) is 10.2. The van der Waals surface area contributed by atoms with Crippen molar-refractivity contribution < 1.29 is 19.7 Å². The number of aliphatic hydroxyl groups is 2. The van der Waals surface area contributed by atoms with Gasteiger partial charge in [0.25, 0.3) is 0 Å². The Kier molecular flexibility index (Phi) is 3.94. The topological polar surface area (TPSA) is 92.8 Å². The Bertz CT molecular complexity index is 116. The van der Waals surface area contributed by atoms with Gasteiger partial charge in [-0.05, 0) is 0 Å². The van der Waals surface area contributed by atoms with E-state index >= 15 is 0 Å². The summed E-state index contributed by atoms with van der Waals surface area (Å²) in [6.45, 7) is -0.107. The molecule has 10 heavy (non-hydrogen) atoms. The van der Waals surface area contributed by atoms with Gasteiger partial charge in [-0.15, -0.1) is 0 Å². The van der Waals surface area contributed by atoms with Crippen LogP contribution in [0.25, 0.3) is 0 Å². The standard InChI is InChI=1S/C5H11NO4/c1-10-2-3(7)4(8)5(6)9/h3-4,7-8H,2H2,1H3,(H2,6,9). The molecule has 0 aromatic rings. The molecule has 0 saturated heterocycles. The fourth-order valence-corrected chi connectivity index (χ4v) is 0.452. The third kappa shape index (κ3) is 2.77. The molecule has 0 fully saturated rings. The van der Waals surface area contributed by atoms with Crippen molar-refractivity contribution in [2.75, 3.05) is 13.7 Å². The van der Waals surface area contributed by atoms with E-state index in [0.717, 1.165) is 0 Å². The van der Waals surface area contributed by atoms with Gasteiger partial charge in [-0.2, -0.15) is 0 Å². The minimum absolute atomic E-state index is 0.107. The molecule has 0 aliphatic heterocycles. The molecule has 0 bridgehead atoms. The normalized spacial score (nSPS) is 16.3. The average molecular weight is 149 g/mol. The maximum absolute atomic E-state index is 10.2. The Morgan fingerprint density at radius 2 is 2.20 bits per heavy atom. The van der Waals surface area contributed by atoms with Crippen LogP contribution in [0.1, 0.15) is 0 Å². The second kappa shape index (κ2) is 4.21. The molecule has 5 heteroatoms. The number of aliphatic hydroxyl groups excluding tert-OH is 2. The zero-order valence-electron chi connectivity index (χ0n) is 5.65. The Labute approximate surface area is 58.4 Å². The second-order valence-electron chi connectivity index (χ2n) is 1.87. The first-order valence-electron chi connectivity index (χ1n) is 2.74. The first-order chi connectivity index (χ1) is 4.59. The van der Waals surface area contributed by atoms with Gasteiger partial charge < -0.3 is 20.7 Å². The van der Waals surface area contributed by atoms with Crippen LogP contribution in [0.2, 0.25) is 0 Å². The molecule has 0 aliphatic rings. The van der Waals surface area contributed by atoms with Crippen LogP contribution < -0.4 is 5.73 Å². The van der Waals surface area contributed by atoms with Gasteiger partial charge >= 0.3 is 0 Å². The largest absolute Gasteiger partial charge is 0.387 e. The van der Waals surface area contributed by atoms with Crippen LogP contribution in [-0.4, -0.2) is 42.0 Å². The Morgan fingerprint density at radius 3 is 2.50 bits per heavy atom. The molecule has 0 aliphatic carbocycles. The van der Waals surface area contributed by atoms with Gasteiger partial charge in [-0.3, -0.25) is 4.79 Å². The predicted molar refractivity (Wildman–Crippen MR) is 33.1 cm³/mol. The molecule has 0 spiro atoms. The number of nitrogens with two attached hydrogens (primary N) is 1. The SMILES string of the molecule is COCC(O)C(O)C(N)=O. The lowest BCUT2D eigenvalue weighted by Crippen LogP contribution is -2.40. The van der Waals surface area contributed by atoms with Crippen molar-refractivity contribution in [2.45, 2.75) is 12.2 Å². The van der Waals surface area contributed by atoms with Crippen molar-refractivity contribution in [3.8, 4) is 0 Å². The molecular weight excluding hydrogens is 138 g/mol. The van der Waals surface area contributed by atoms with Gasteiger partial charge in [0.05, 0.1) is 6.61 Å². The molecular formula is C5H11NO4. The molecule has 0 radical (unpaired) electrons. The van der Waals surface area contributed by atoms with E-state index in [1.165, 1.54) is 7.11 Å². The summed E-state index contributed by atoms with van der Waals surface area (Å²) in [7, 11) is 1.34. The van der Waals surface area contributed by atoms with Crippen molar-refractivity contribution in [3.63, 3.8) is 0 Å². The quantitative estimate of drug-likeness (QED) is 0.424. The number of methoxy groups -OCH3 is 1. The summed E-state index contributed by atoms with van der Waals surface area (Å²) in [6, 6.07) is 0. The molecule has 5 nitrogen and oxygen atoms in total. The Hall–Kier alpha value is -0.650. The molecule has 4 N–H and O–H groups in total. The molecule has 2 unspecified atom stereocenters. The van der Waals surface area contributed by atoms with Crippen LogP contribution in [0.15, 0.2) is 0 Å². The number of hydrogen-bond acceptors (Lipinski definition) is 4. The first-order valence-corrected chi connectivity index (χ1v) is 2.74. The Morgan fingerprint density at radius 1 is 1.70 bits per heavy atom. The van der Waals surface area contributed by atoms with Gasteiger partial charge in [-0.1, -0.05) is 0 Å². The van der Waals surface area contributed by atoms with Crippen molar-refractivity contribution >= 4 is 5.91 Å². The molecule has 0 rings (SSSR count). The highest BCUT2D eigenvalue weighted by molar-refractivity contribution is 5.79. The summed E-state index contributed by atoms with van der Waals surface area (Å²) in [6.07, 6.45) is -2.78. The highest BCUT2D eigenvalue weighted by Gasteiger charge is 2.20. The van der Waals surface area contributed by atoms with E-state index in [1.807, 2.05) is 0 Å². The van der Waals surface area contributed by atoms with Crippen molar-refractivity contribution in [1.82, 2.24) is 0 Å². The number of rotatable bonds is 4. The molecule has 60 valence electrons. The third-order valence-corrected chi connectivity index (χ3v) is 0.993. The van der Waals surface area contributed by atoms with Crippen molar-refractivity contribution in [3.05, 3.63) is 0 Å². The minimum Gasteiger partial charge on any atom is -0.387 e. The lowest BCUT2D eigenvalue weighted by atomic mass is 10.2. The molecule has 0 heterocycles. The first kappa shape index (κ1) is 9.35. The van der Waals surface area contributed by atoms with Crippen LogP contribution in [0, 0.1) is 0 Å². The number of hydrogen-bond donors (Lipinski definition) is 3. The lowest BCUT2D eigenvalue weighted by molar-refractivity contribution is -0.133. The minimum atomic E-state index is -1.54. The second-order valence-corrected chi connectivity index (χ2v) is 1.87. The summed E-state index contributed by atoms with van der Waals surface area (Å²) in [5, 5.41) is 17.5. The van der Waals surface area contributed by atoms with E-state index in [1.54, 1.807) is 0 Å². The number of ether oxygens (including phenoxy) is 1. The number of carbonyl (C=O) groups excluding carboxylic acids is 1. The van der Waals surface area contributed by atoms with Crippen LogP contribution in [-0.2, 0) is 9.53 Å². The molecule has 1 amide bonds. The molecule has 0 saturated carbocycles. The molecule has 2 atom stereocenters. The Balaban J connectivity index is 3.69. The highest BCUT2D eigenvalue weighted by atomic mass is 16.5. The van der Waals surface area contributed by atoms with Crippen LogP contribution in [0.3, 0.4) is 0 Å². The summed E-state index contributed by atoms with van der Waals surface area (Å²) in [5.41, 5.74) is 4.66. The summed E-state index contributed by atoms with van der Waals surface area (Å²) < 4.78 is 4.46. The van der Waals surface area contributed by atoms with Crippen molar-refractivity contribution in [2.24, 2.45) is 5.73 Å². The zero-order valence-corrected chi connectivity index (χ0v) is 5.65. The maximum atomic E-state index is 10.2. The fraction of sp³-hybridized carbons (Fsp3) is 0.800. The van der Waals surface area contributed by atoms with Crippen LogP contribution in [0.4, 0.5) is 0 Å². The number of carbonyl (C=O) groups is 1. The average Bonchev–Trinajstić information content (AvgIpc) is 1.87. The third-order valence-electron chi connectivity index (χ3n) is 0.993. The van der Waals surface area contributed by atoms with Gasteiger partial charge in [0.2, 0.25) is 5.91 Å². The number of amides is 1. The summed E-state index contributed by atoms with van der Waals surface area (Å²) >= 11 is 0. The van der Waals surface area contributed by atoms with E-state index in [2.05, 4.69) is 10.5 Å². The van der Waals surface area contributed by atoms with E-state index in [4.69, 9.17) is 10.2 Å². The van der Waals surface area contributed by atoms with E-state index in [9.17, 15) is 4.79 Å². The zero-order chi connectivity index (χ0) is 8.15. The van der Waals surface area contributed by atoms with Crippen molar-refractivity contribution in [1.29, 1.82) is 0 Å². The van der Waals surface area contributed by atoms with Gasteiger partial charge in [0, 0.05) is 7.11 Å². The lowest BCUT2D eigenvalue weighted by Gasteiger charge is -2.12. The van der Waals surface area contributed by atoms with Gasteiger partial charge in [-0.25, -0.2) is 0 Å². The smallest absolute Gasteiger partial charge is 0.249 e. The highest BCUT2D eigenvalue weighted by Crippen LogP contribution is 1.91. The van der Waals surface area contributed by atoms with E-state index < -0.39 is 18.1 Å².